The molecule has 0 aromatic carbocycles. The zero-order valence-corrected chi connectivity index (χ0v) is 14.0. The lowest BCUT2D eigenvalue weighted by molar-refractivity contribution is 0.114. The summed E-state index contributed by atoms with van der Waals surface area (Å²) in [6.45, 7) is 9.75. The quantitative estimate of drug-likeness (QED) is 0.556. The molecule has 0 aliphatic heterocycles. The number of rotatable bonds is 10. The van der Waals surface area contributed by atoms with Crippen molar-refractivity contribution in [2.24, 2.45) is 5.92 Å². The second-order valence-electron chi connectivity index (χ2n) is 5.63. The van der Waals surface area contributed by atoms with E-state index in [4.69, 9.17) is 4.74 Å². The van der Waals surface area contributed by atoms with Gasteiger partial charge in [0.15, 0.2) is 5.03 Å². The largest absolute Gasteiger partial charge is 0.380 e. The molecule has 0 saturated carbocycles. The van der Waals surface area contributed by atoms with Crippen LogP contribution in [0.3, 0.4) is 0 Å². The van der Waals surface area contributed by atoms with Gasteiger partial charge in [-0.25, -0.2) is 13.1 Å². The molecule has 1 heterocycles. The topological polar surface area (TPSA) is 96.1 Å². The number of ether oxygens (including phenoxy) is 1. The molecule has 0 atom stereocenters. The van der Waals surface area contributed by atoms with Crippen molar-refractivity contribution in [3.05, 3.63) is 11.8 Å². The Morgan fingerprint density at radius 3 is 2.67 bits per heavy atom. The van der Waals surface area contributed by atoms with Crippen LogP contribution < -0.4 is 10.0 Å². The van der Waals surface area contributed by atoms with Gasteiger partial charge in [-0.15, -0.1) is 0 Å². The minimum atomic E-state index is -3.58. The van der Waals surface area contributed by atoms with Crippen molar-refractivity contribution in [1.29, 1.82) is 0 Å². The molecule has 0 amide bonds. The average Bonchev–Trinajstić information content (AvgIpc) is 2.84. The molecular formula is C13H26N4O3S. The van der Waals surface area contributed by atoms with Crippen LogP contribution in [0.15, 0.2) is 11.2 Å². The Hall–Kier alpha value is -0.960. The molecule has 0 radical (unpaired) electrons. The van der Waals surface area contributed by atoms with Crippen molar-refractivity contribution in [1.82, 2.24) is 20.2 Å². The molecule has 1 rings (SSSR count). The highest BCUT2D eigenvalue weighted by Crippen LogP contribution is 2.11. The molecule has 0 bridgehead atoms. The monoisotopic (exact) mass is 318 g/mol. The van der Waals surface area contributed by atoms with E-state index in [0.29, 0.717) is 31.2 Å². The normalized spacial score (nSPS) is 12.5. The van der Waals surface area contributed by atoms with E-state index in [-0.39, 0.29) is 17.6 Å². The number of aromatic amines is 1. The van der Waals surface area contributed by atoms with E-state index >= 15 is 0 Å². The number of sulfonamides is 1. The first kappa shape index (κ1) is 18.1. The first-order chi connectivity index (χ1) is 9.83. The molecule has 0 fully saturated rings. The summed E-state index contributed by atoms with van der Waals surface area (Å²) in [6, 6.07) is 0.271. The van der Waals surface area contributed by atoms with Crippen molar-refractivity contribution in [3.8, 4) is 0 Å². The van der Waals surface area contributed by atoms with Crippen LogP contribution in [-0.4, -0.2) is 44.4 Å². The van der Waals surface area contributed by atoms with Crippen molar-refractivity contribution in [2.45, 2.75) is 45.3 Å². The van der Waals surface area contributed by atoms with Crippen molar-refractivity contribution in [2.75, 3.05) is 19.8 Å². The van der Waals surface area contributed by atoms with Crippen LogP contribution in [0.2, 0.25) is 0 Å². The summed E-state index contributed by atoms with van der Waals surface area (Å²) in [6.07, 6.45) is 1.53. The fourth-order valence-electron chi connectivity index (χ4n) is 1.61. The molecule has 0 unspecified atom stereocenters. The third-order valence-electron chi connectivity index (χ3n) is 2.64. The molecule has 122 valence electrons. The molecule has 0 spiro atoms. The Morgan fingerprint density at radius 2 is 2.05 bits per heavy atom. The predicted octanol–water partition coefficient (Wildman–Crippen LogP) is 0.859. The van der Waals surface area contributed by atoms with Gasteiger partial charge in [-0.2, -0.15) is 5.10 Å². The number of nitrogens with one attached hydrogen (secondary N) is 3. The minimum Gasteiger partial charge on any atom is -0.380 e. The van der Waals surface area contributed by atoms with Crippen LogP contribution in [-0.2, 0) is 21.3 Å². The smallest absolute Gasteiger partial charge is 0.257 e. The fraction of sp³-hybridized carbons (Fsp3) is 0.769. The number of H-pyrrole nitrogens is 1. The van der Waals surface area contributed by atoms with Gasteiger partial charge >= 0.3 is 0 Å². The molecule has 1 aromatic rings. The molecule has 1 aromatic heterocycles. The van der Waals surface area contributed by atoms with E-state index in [1.54, 1.807) is 0 Å². The zero-order valence-electron chi connectivity index (χ0n) is 13.1. The average molecular weight is 318 g/mol. The Balaban J connectivity index is 2.52. The maximum atomic E-state index is 12.2. The van der Waals surface area contributed by atoms with Gasteiger partial charge in [-0.05, 0) is 5.92 Å². The van der Waals surface area contributed by atoms with Crippen molar-refractivity contribution < 1.29 is 13.2 Å². The summed E-state index contributed by atoms with van der Waals surface area (Å²) in [5.41, 5.74) is 0.624. The van der Waals surface area contributed by atoms with Gasteiger partial charge in [0.05, 0.1) is 12.8 Å². The molecule has 21 heavy (non-hydrogen) atoms. The van der Waals surface area contributed by atoms with Gasteiger partial charge < -0.3 is 10.1 Å². The van der Waals surface area contributed by atoms with Crippen LogP contribution in [0.4, 0.5) is 0 Å². The van der Waals surface area contributed by atoms with Gasteiger partial charge in [-0.1, -0.05) is 27.7 Å². The summed E-state index contributed by atoms with van der Waals surface area (Å²) in [5, 5.41) is 9.65. The van der Waals surface area contributed by atoms with Crippen molar-refractivity contribution in [3.63, 3.8) is 0 Å². The highest BCUT2D eigenvalue weighted by Gasteiger charge is 2.20. The lowest BCUT2D eigenvalue weighted by atomic mass is 10.2. The molecule has 8 heteroatoms. The Morgan fingerprint density at radius 1 is 1.33 bits per heavy atom. The van der Waals surface area contributed by atoms with E-state index in [0.717, 1.165) is 0 Å². The third kappa shape index (κ3) is 6.56. The maximum absolute atomic E-state index is 12.2. The van der Waals surface area contributed by atoms with Crippen LogP contribution in [0.25, 0.3) is 0 Å². The second-order valence-corrected chi connectivity index (χ2v) is 7.33. The Bertz CT molecular complexity index is 511. The zero-order chi connectivity index (χ0) is 15.9. The second kappa shape index (κ2) is 8.47. The molecule has 7 nitrogen and oxygen atoms in total. The van der Waals surface area contributed by atoms with Gasteiger partial charge in [0.1, 0.15) is 0 Å². The maximum Gasteiger partial charge on any atom is 0.257 e. The van der Waals surface area contributed by atoms with Crippen LogP contribution in [0, 0.1) is 5.92 Å². The van der Waals surface area contributed by atoms with Crippen LogP contribution in [0.1, 0.15) is 33.3 Å². The SMILES string of the molecule is CC(C)COCCNS(=O)(=O)c1[nH]ncc1CNC(C)C. The van der Waals surface area contributed by atoms with Gasteiger partial charge in [-0.3, -0.25) is 5.10 Å². The molecule has 0 aliphatic rings. The fourth-order valence-corrected chi connectivity index (χ4v) is 2.75. The van der Waals surface area contributed by atoms with E-state index in [2.05, 4.69) is 20.2 Å². The lowest BCUT2D eigenvalue weighted by Crippen LogP contribution is -2.30. The predicted molar refractivity (Wildman–Crippen MR) is 81.4 cm³/mol. The Kier molecular flexibility index (Phi) is 7.30. The third-order valence-corrected chi connectivity index (χ3v) is 4.11. The number of hydrogen-bond acceptors (Lipinski definition) is 5. The molecular weight excluding hydrogens is 292 g/mol. The number of aromatic nitrogens is 2. The first-order valence-corrected chi connectivity index (χ1v) is 8.64. The summed E-state index contributed by atoms with van der Waals surface area (Å²) < 4.78 is 32.2. The van der Waals surface area contributed by atoms with E-state index < -0.39 is 10.0 Å². The van der Waals surface area contributed by atoms with Crippen LogP contribution in [0.5, 0.6) is 0 Å². The van der Waals surface area contributed by atoms with Gasteiger partial charge in [0.25, 0.3) is 10.0 Å². The molecule has 0 saturated heterocycles. The number of nitrogens with zero attached hydrogens (tertiary/aromatic N) is 1. The summed E-state index contributed by atoms with van der Waals surface area (Å²) >= 11 is 0. The van der Waals surface area contributed by atoms with Crippen LogP contribution >= 0.6 is 0 Å². The molecule has 3 N–H and O–H groups in total. The van der Waals surface area contributed by atoms with E-state index in [1.807, 2.05) is 27.7 Å². The standard InChI is InChI=1S/C13H26N4O3S/c1-10(2)9-20-6-5-16-21(18,19)13-12(8-15-17-13)7-14-11(3)4/h8,10-11,14,16H,5-7,9H2,1-4H3,(H,15,17). The van der Waals surface area contributed by atoms with E-state index in [1.165, 1.54) is 6.20 Å². The highest BCUT2D eigenvalue weighted by molar-refractivity contribution is 7.89. The van der Waals surface area contributed by atoms with Gasteiger partial charge in [0.2, 0.25) is 0 Å². The van der Waals surface area contributed by atoms with Crippen molar-refractivity contribution >= 4 is 10.0 Å². The molecule has 0 aliphatic carbocycles. The minimum absolute atomic E-state index is 0.111. The lowest BCUT2D eigenvalue weighted by Gasteiger charge is -2.10. The van der Waals surface area contributed by atoms with Gasteiger partial charge in [0, 0.05) is 31.3 Å². The van der Waals surface area contributed by atoms with E-state index in [9.17, 15) is 8.42 Å². The summed E-state index contributed by atoms with van der Waals surface area (Å²) in [4.78, 5) is 0. The summed E-state index contributed by atoms with van der Waals surface area (Å²) in [5.74, 6) is 0.433. The Labute approximate surface area is 126 Å². The highest BCUT2D eigenvalue weighted by atomic mass is 32.2. The number of hydrogen-bond donors (Lipinski definition) is 3. The summed E-state index contributed by atoms with van der Waals surface area (Å²) in [7, 11) is -3.58. The first-order valence-electron chi connectivity index (χ1n) is 7.16.